The van der Waals surface area contributed by atoms with E-state index in [2.05, 4.69) is 53.7 Å². The molecule has 3 rings (SSSR count). The van der Waals surface area contributed by atoms with Gasteiger partial charge in [0, 0.05) is 35.5 Å². The van der Waals surface area contributed by atoms with E-state index >= 15 is 0 Å². The molecule has 9 heteroatoms. The van der Waals surface area contributed by atoms with Gasteiger partial charge in [0.25, 0.3) is 0 Å². The van der Waals surface area contributed by atoms with E-state index in [1.807, 2.05) is 38.4 Å². The van der Waals surface area contributed by atoms with Crippen LogP contribution in [0.4, 0.5) is 0 Å². The van der Waals surface area contributed by atoms with Crippen LogP contribution in [0.25, 0.3) is 0 Å². The molecule has 2 aromatic rings. The van der Waals surface area contributed by atoms with E-state index in [0.29, 0.717) is 11.5 Å². The molecule has 0 heterocycles. The predicted octanol–water partition coefficient (Wildman–Crippen LogP) is 4.28. The van der Waals surface area contributed by atoms with Crippen molar-refractivity contribution in [1.82, 2.24) is 0 Å². The van der Waals surface area contributed by atoms with Gasteiger partial charge in [-0.3, -0.25) is 9.98 Å². The number of carboxylic acids is 2. The molecule has 2 atom stereocenters. The van der Waals surface area contributed by atoms with Gasteiger partial charge < -0.3 is 30.0 Å². The maximum atomic E-state index is 10.6. The second kappa shape index (κ2) is 16.5. The van der Waals surface area contributed by atoms with E-state index in [0.717, 1.165) is 55.4 Å². The fourth-order valence-electron chi connectivity index (χ4n) is 4.30. The molecule has 42 heavy (non-hydrogen) atoms. The van der Waals surface area contributed by atoms with Crippen LogP contribution in [0.5, 0.6) is 11.5 Å². The molecule has 1 aliphatic carbocycles. The molecule has 233 valence electrons. The van der Waals surface area contributed by atoms with Gasteiger partial charge >= 0.3 is 16.8 Å². The molecule has 0 spiro atoms. The Balaban J connectivity index is 0.00000166. The van der Waals surface area contributed by atoms with E-state index in [1.165, 1.54) is 11.1 Å². The summed E-state index contributed by atoms with van der Waals surface area (Å²) >= 11 is 0. The summed E-state index contributed by atoms with van der Waals surface area (Å²) in [5, 5.41) is 38.9. The Bertz CT molecular complexity index is 1170. The van der Waals surface area contributed by atoms with Crippen molar-refractivity contribution in [2.45, 2.75) is 111 Å². The Kier molecular flexibility index (Phi) is 15.2. The van der Waals surface area contributed by atoms with E-state index in [4.69, 9.17) is 29.8 Å². The fourth-order valence-corrected chi connectivity index (χ4v) is 4.30. The third-order valence-electron chi connectivity index (χ3n) is 6.65. The smallest absolute Gasteiger partial charge is 0.550 e. The SMILES string of the molecule is CC(=O)[O-].CC(=O)[O-].Cc1cc(C(C)(C)C)cc(C=NC2CCCC2N=Cc2cc(C(C)(C)C)cc(C)c2O)c1O.[Co+2]. The van der Waals surface area contributed by atoms with Gasteiger partial charge in [0.2, 0.25) is 0 Å². The summed E-state index contributed by atoms with van der Waals surface area (Å²) in [5.74, 6) is -1.58. The summed E-state index contributed by atoms with van der Waals surface area (Å²) in [6, 6.07) is 8.34. The van der Waals surface area contributed by atoms with Crippen molar-refractivity contribution in [2.75, 3.05) is 0 Å². The van der Waals surface area contributed by atoms with Crippen molar-refractivity contribution < 1.29 is 46.8 Å². The number of hydrogen-bond acceptors (Lipinski definition) is 8. The Morgan fingerprint density at radius 3 is 1.29 bits per heavy atom. The van der Waals surface area contributed by atoms with Crippen molar-refractivity contribution in [3.05, 3.63) is 57.6 Å². The van der Waals surface area contributed by atoms with Gasteiger partial charge in [0.1, 0.15) is 11.5 Å². The van der Waals surface area contributed by atoms with Crippen molar-refractivity contribution in [3.63, 3.8) is 0 Å². The average Bonchev–Trinajstić information content (AvgIpc) is 3.26. The number of hydrogen-bond donors (Lipinski definition) is 2. The third kappa shape index (κ3) is 12.8. The zero-order chi connectivity index (χ0) is 31.7. The van der Waals surface area contributed by atoms with Gasteiger partial charge in [0.05, 0.1) is 12.1 Å². The summed E-state index contributed by atoms with van der Waals surface area (Å²) in [6.07, 6.45) is 6.66. The molecule has 2 aromatic carbocycles. The number of nitrogens with zero attached hydrogens (tertiary/aromatic N) is 2. The molecule has 0 aromatic heterocycles. The maximum absolute atomic E-state index is 10.6. The molecule has 8 nitrogen and oxygen atoms in total. The Morgan fingerprint density at radius 1 is 0.738 bits per heavy atom. The van der Waals surface area contributed by atoms with Crippen LogP contribution >= 0.6 is 0 Å². The van der Waals surface area contributed by atoms with E-state index in [-0.39, 0.29) is 39.7 Å². The van der Waals surface area contributed by atoms with Gasteiger partial charge in [0.15, 0.2) is 0 Å². The summed E-state index contributed by atoms with van der Waals surface area (Å²) in [4.78, 5) is 27.5. The first-order valence-corrected chi connectivity index (χ1v) is 13.8. The maximum Gasteiger partial charge on any atom is 2.00 e. The summed E-state index contributed by atoms with van der Waals surface area (Å²) in [5.41, 5.74) is 5.64. The number of aromatic hydroxyl groups is 2. The van der Waals surface area contributed by atoms with Crippen LogP contribution in [0.2, 0.25) is 0 Å². The van der Waals surface area contributed by atoms with Crippen LogP contribution in [-0.2, 0) is 37.2 Å². The zero-order valence-corrected chi connectivity index (χ0v) is 27.5. The molecule has 1 fully saturated rings. The van der Waals surface area contributed by atoms with Gasteiger partial charge in [-0.15, -0.1) is 0 Å². The topological polar surface area (TPSA) is 145 Å². The molecule has 0 aliphatic heterocycles. The number of carbonyl (C=O) groups excluding carboxylic acids is 2. The number of phenolic OH excluding ortho intramolecular Hbond substituents is 2. The van der Waals surface area contributed by atoms with Gasteiger partial charge in [-0.05, 0) is 92.2 Å². The average molecular weight is 626 g/mol. The van der Waals surface area contributed by atoms with Gasteiger partial charge in [-0.1, -0.05) is 53.7 Å². The molecule has 2 unspecified atom stereocenters. The first-order valence-electron chi connectivity index (χ1n) is 13.8. The molecule has 0 bridgehead atoms. The van der Waals surface area contributed by atoms with Gasteiger partial charge in [-0.25, -0.2) is 0 Å². The van der Waals surface area contributed by atoms with Crippen molar-refractivity contribution in [1.29, 1.82) is 0 Å². The number of benzene rings is 2. The standard InChI is InChI=1S/C29H40N2O2.2C2H4O2.Co/c1-18-12-22(28(3,4)5)14-20(26(18)32)16-30-24-10-9-11-25(24)31-17-21-15-23(29(6,7)8)13-19(2)27(21)33;2*1-2(3)4;/h12-17,24-25,32-33H,9-11H2,1-8H3;2*1H3,(H,3,4);/q;;;+2/p-2. The molecule has 1 radical (unpaired) electrons. The second-order valence-corrected chi connectivity index (χ2v) is 12.6. The molecule has 0 amide bonds. The number of carboxylic acid groups (broad SMARTS) is 2. The Labute approximate surface area is 261 Å². The normalized spacial score (nSPS) is 16.7. The molecule has 1 saturated carbocycles. The molecule has 1 aliphatic rings. The van der Waals surface area contributed by atoms with Gasteiger partial charge in [-0.2, -0.15) is 0 Å². The minimum absolute atomic E-state index is 0. The molecular weight excluding hydrogens is 579 g/mol. The van der Waals surface area contributed by atoms with Crippen molar-refractivity contribution >= 4 is 24.4 Å². The van der Waals surface area contributed by atoms with Crippen LogP contribution in [0.1, 0.15) is 108 Å². The van der Waals surface area contributed by atoms with E-state index in [9.17, 15) is 10.2 Å². The second-order valence-electron chi connectivity index (χ2n) is 12.6. The van der Waals surface area contributed by atoms with Crippen LogP contribution in [0, 0.1) is 13.8 Å². The number of aliphatic carboxylic acids is 2. The van der Waals surface area contributed by atoms with Crippen LogP contribution in [0.15, 0.2) is 34.3 Å². The predicted molar refractivity (Wildman–Crippen MR) is 161 cm³/mol. The zero-order valence-electron chi connectivity index (χ0n) is 26.5. The van der Waals surface area contributed by atoms with Crippen LogP contribution in [-0.4, -0.2) is 46.7 Å². The first-order chi connectivity index (χ1) is 18.7. The molecular formula is C33H46CoN2O6. The van der Waals surface area contributed by atoms with E-state index in [1.54, 1.807) is 0 Å². The third-order valence-corrected chi connectivity index (χ3v) is 6.65. The molecule has 2 N–H and O–H groups in total. The Morgan fingerprint density at radius 2 is 1.02 bits per heavy atom. The number of phenols is 2. The fraction of sp³-hybridized carbons (Fsp3) is 0.515. The molecule has 0 saturated heterocycles. The number of aliphatic imine (C=N–C) groups is 2. The number of rotatable bonds is 4. The number of carbonyl (C=O) groups is 2. The monoisotopic (exact) mass is 625 g/mol. The quantitative estimate of drug-likeness (QED) is 0.486. The number of aryl methyl sites for hydroxylation is 2. The van der Waals surface area contributed by atoms with E-state index < -0.39 is 11.9 Å². The van der Waals surface area contributed by atoms with Crippen LogP contribution in [0.3, 0.4) is 0 Å². The first kappa shape index (κ1) is 38.8. The Hall–Kier alpha value is -3.17. The van der Waals surface area contributed by atoms with Crippen molar-refractivity contribution in [2.24, 2.45) is 9.98 Å². The summed E-state index contributed by atoms with van der Waals surface area (Å²) < 4.78 is 0. The largest absolute Gasteiger partial charge is 2.00 e. The summed E-state index contributed by atoms with van der Waals surface area (Å²) in [7, 11) is 0. The van der Waals surface area contributed by atoms with Crippen molar-refractivity contribution in [3.8, 4) is 11.5 Å². The summed E-state index contributed by atoms with van der Waals surface area (Å²) in [6.45, 7) is 18.9. The minimum atomic E-state index is -1.08. The minimum Gasteiger partial charge on any atom is -0.550 e. The van der Waals surface area contributed by atoms with Crippen LogP contribution < -0.4 is 10.2 Å².